The van der Waals surface area contributed by atoms with Gasteiger partial charge in [-0.15, -0.1) is 0 Å². The molecule has 2 aromatic rings. The standard InChI is InChI=1S/C21H23NO5/c1-14-9-10-17(21(25)26-3)12-18(14)22-19(23)13-27-20(24)11-15(2)16-7-5-4-6-8-16/h4-10,12,15H,11,13H2,1-3H3,(H,22,23)/t15-/m0/s1. The number of amides is 1. The molecule has 0 unspecified atom stereocenters. The lowest BCUT2D eigenvalue weighted by Gasteiger charge is -2.12. The molecule has 6 nitrogen and oxygen atoms in total. The van der Waals surface area contributed by atoms with Crippen LogP contribution in [0.5, 0.6) is 0 Å². The number of ether oxygens (including phenoxy) is 2. The first-order valence-corrected chi connectivity index (χ1v) is 8.60. The van der Waals surface area contributed by atoms with Gasteiger partial charge >= 0.3 is 11.9 Å². The number of hydrogen-bond acceptors (Lipinski definition) is 5. The molecule has 0 saturated carbocycles. The molecule has 0 aliphatic heterocycles. The fraction of sp³-hybridized carbons (Fsp3) is 0.286. The Labute approximate surface area is 158 Å². The molecule has 6 heteroatoms. The number of hydrogen-bond donors (Lipinski definition) is 1. The van der Waals surface area contributed by atoms with Gasteiger partial charge in [-0.25, -0.2) is 4.79 Å². The van der Waals surface area contributed by atoms with E-state index in [1.165, 1.54) is 13.2 Å². The molecule has 142 valence electrons. The highest BCUT2D eigenvalue weighted by molar-refractivity contribution is 5.96. The molecule has 0 fully saturated rings. The Kier molecular flexibility index (Phi) is 7.11. The molecule has 0 saturated heterocycles. The molecular formula is C21H23NO5. The molecule has 0 spiro atoms. The minimum Gasteiger partial charge on any atom is -0.465 e. The van der Waals surface area contributed by atoms with Crippen molar-refractivity contribution in [2.75, 3.05) is 19.0 Å². The lowest BCUT2D eigenvalue weighted by Crippen LogP contribution is -2.22. The second kappa shape index (κ2) is 9.52. The van der Waals surface area contributed by atoms with Crippen LogP contribution in [-0.2, 0) is 19.1 Å². The zero-order chi connectivity index (χ0) is 19.8. The van der Waals surface area contributed by atoms with E-state index in [4.69, 9.17) is 4.74 Å². The molecule has 0 aliphatic rings. The third-order valence-corrected chi connectivity index (χ3v) is 4.14. The van der Waals surface area contributed by atoms with E-state index in [2.05, 4.69) is 10.1 Å². The van der Waals surface area contributed by atoms with E-state index in [1.807, 2.05) is 37.3 Å². The maximum atomic E-state index is 12.1. The Hall–Kier alpha value is -3.15. The van der Waals surface area contributed by atoms with Gasteiger partial charge in [0.1, 0.15) is 0 Å². The normalized spacial score (nSPS) is 11.4. The van der Waals surface area contributed by atoms with Crippen LogP contribution in [0.4, 0.5) is 5.69 Å². The zero-order valence-electron chi connectivity index (χ0n) is 15.7. The van der Waals surface area contributed by atoms with Crippen molar-refractivity contribution in [3.05, 3.63) is 65.2 Å². The summed E-state index contributed by atoms with van der Waals surface area (Å²) in [6.45, 7) is 3.34. The summed E-state index contributed by atoms with van der Waals surface area (Å²) in [5, 5.41) is 2.65. The number of rotatable bonds is 7. The minimum absolute atomic E-state index is 0.000688. The Bertz CT molecular complexity index is 817. The van der Waals surface area contributed by atoms with Crippen LogP contribution < -0.4 is 5.32 Å². The van der Waals surface area contributed by atoms with Crippen molar-refractivity contribution in [3.8, 4) is 0 Å². The van der Waals surface area contributed by atoms with Crippen molar-refractivity contribution in [2.24, 2.45) is 0 Å². The number of nitrogens with one attached hydrogen (secondary N) is 1. The van der Waals surface area contributed by atoms with Gasteiger partial charge in [-0.3, -0.25) is 9.59 Å². The highest BCUT2D eigenvalue weighted by Crippen LogP contribution is 2.19. The molecule has 0 bridgehead atoms. The van der Waals surface area contributed by atoms with E-state index in [-0.39, 0.29) is 18.9 Å². The molecule has 27 heavy (non-hydrogen) atoms. The van der Waals surface area contributed by atoms with Crippen LogP contribution in [0.15, 0.2) is 48.5 Å². The van der Waals surface area contributed by atoms with Gasteiger partial charge in [0.25, 0.3) is 5.91 Å². The summed E-state index contributed by atoms with van der Waals surface area (Å²) >= 11 is 0. The molecule has 1 N–H and O–H groups in total. The van der Waals surface area contributed by atoms with Gasteiger partial charge < -0.3 is 14.8 Å². The third-order valence-electron chi connectivity index (χ3n) is 4.14. The van der Waals surface area contributed by atoms with E-state index >= 15 is 0 Å². The smallest absolute Gasteiger partial charge is 0.337 e. The van der Waals surface area contributed by atoms with Crippen LogP contribution in [0.1, 0.15) is 40.7 Å². The van der Waals surface area contributed by atoms with E-state index in [9.17, 15) is 14.4 Å². The van der Waals surface area contributed by atoms with E-state index < -0.39 is 17.8 Å². The molecule has 0 heterocycles. The monoisotopic (exact) mass is 369 g/mol. The van der Waals surface area contributed by atoms with Gasteiger partial charge in [-0.1, -0.05) is 43.3 Å². The Morgan fingerprint density at radius 1 is 1.07 bits per heavy atom. The molecular weight excluding hydrogens is 346 g/mol. The molecule has 1 amide bonds. The van der Waals surface area contributed by atoms with E-state index in [0.717, 1.165) is 11.1 Å². The van der Waals surface area contributed by atoms with Crippen molar-refractivity contribution >= 4 is 23.5 Å². The van der Waals surface area contributed by atoms with Crippen molar-refractivity contribution in [1.82, 2.24) is 0 Å². The number of esters is 2. The van der Waals surface area contributed by atoms with Gasteiger partial charge in [0.05, 0.1) is 19.1 Å². The van der Waals surface area contributed by atoms with Gasteiger partial charge in [-0.2, -0.15) is 0 Å². The number of aryl methyl sites for hydroxylation is 1. The van der Waals surface area contributed by atoms with Crippen molar-refractivity contribution in [2.45, 2.75) is 26.2 Å². The Balaban J connectivity index is 1.87. The maximum Gasteiger partial charge on any atom is 0.337 e. The lowest BCUT2D eigenvalue weighted by atomic mass is 9.98. The Morgan fingerprint density at radius 3 is 2.44 bits per heavy atom. The second-order valence-corrected chi connectivity index (χ2v) is 6.25. The predicted molar refractivity (Wildman–Crippen MR) is 102 cm³/mol. The largest absolute Gasteiger partial charge is 0.465 e. The van der Waals surface area contributed by atoms with Crippen LogP contribution in [0.3, 0.4) is 0 Å². The number of anilines is 1. The first-order valence-electron chi connectivity index (χ1n) is 8.60. The maximum absolute atomic E-state index is 12.1. The minimum atomic E-state index is -0.494. The zero-order valence-corrected chi connectivity index (χ0v) is 15.7. The lowest BCUT2D eigenvalue weighted by molar-refractivity contribution is -0.147. The predicted octanol–water partition coefficient (Wildman–Crippen LogP) is 3.46. The molecule has 0 aliphatic carbocycles. The molecule has 0 aromatic heterocycles. The summed E-state index contributed by atoms with van der Waals surface area (Å²) in [4.78, 5) is 35.6. The highest BCUT2D eigenvalue weighted by Gasteiger charge is 2.15. The summed E-state index contributed by atoms with van der Waals surface area (Å²) in [7, 11) is 1.29. The topological polar surface area (TPSA) is 81.7 Å². The molecule has 2 aromatic carbocycles. The van der Waals surface area contributed by atoms with Crippen LogP contribution in [0.25, 0.3) is 0 Å². The fourth-order valence-electron chi connectivity index (χ4n) is 2.54. The van der Waals surface area contributed by atoms with E-state index in [1.54, 1.807) is 19.1 Å². The quantitative estimate of drug-likeness (QED) is 0.756. The van der Waals surface area contributed by atoms with Crippen molar-refractivity contribution < 1.29 is 23.9 Å². The van der Waals surface area contributed by atoms with Crippen LogP contribution in [0, 0.1) is 6.92 Å². The summed E-state index contributed by atoms with van der Waals surface area (Å²) in [5.74, 6) is -1.41. The first-order chi connectivity index (χ1) is 12.9. The molecule has 1 atom stereocenters. The molecule has 2 rings (SSSR count). The highest BCUT2D eigenvalue weighted by atomic mass is 16.5. The second-order valence-electron chi connectivity index (χ2n) is 6.25. The van der Waals surface area contributed by atoms with Crippen molar-refractivity contribution in [3.63, 3.8) is 0 Å². The third kappa shape index (κ3) is 5.95. The van der Waals surface area contributed by atoms with Gasteiger partial charge in [0.2, 0.25) is 0 Å². The SMILES string of the molecule is COC(=O)c1ccc(C)c(NC(=O)COC(=O)C[C@H](C)c2ccccc2)c1. The van der Waals surface area contributed by atoms with Gasteiger partial charge in [0.15, 0.2) is 6.61 Å². The number of benzene rings is 2. The average Bonchev–Trinajstić information content (AvgIpc) is 2.68. The summed E-state index contributed by atoms with van der Waals surface area (Å²) in [6.07, 6.45) is 0.189. The summed E-state index contributed by atoms with van der Waals surface area (Å²) in [5.41, 5.74) is 2.61. The number of carbonyl (C=O) groups excluding carboxylic acids is 3. The Morgan fingerprint density at radius 2 is 1.78 bits per heavy atom. The first kappa shape index (κ1) is 20.2. The fourth-order valence-corrected chi connectivity index (χ4v) is 2.54. The van der Waals surface area contributed by atoms with Gasteiger partial charge in [0, 0.05) is 5.69 Å². The average molecular weight is 369 g/mol. The van der Waals surface area contributed by atoms with Crippen molar-refractivity contribution in [1.29, 1.82) is 0 Å². The number of methoxy groups -OCH3 is 1. The summed E-state index contributed by atoms with van der Waals surface area (Å²) < 4.78 is 9.73. The van der Waals surface area contributed by atoms with Gasteiger partial charge in [-0.05, 0) is 36.1 Å². The van der Waals surface area contributed by atoms with Crippen LogP contribution in [-0.4, -0.2) is 31.6 Å². The van der Waals surface area contributed by atoms with E-state index in [0.29, 0.717) is 11.3 Å². The molecule has 0 radical (unpaired) electrons. The van der Waals surface area contributed by atoms with Crippen LogP contribution in [0.2, 0.25) is 0 Å². The van der Waals surface area contributed by atoms with Crippen LogP contribution >= 0.6 is 0 Å². The number of carbonyl (C=O) groups is 3. The summed E-state index contributed by atoms with van der Waals surface area (Å²) in [6, 6.07) is 14.5.